The van der Waals surface area contributed by atoms with Gasteiger partial charge in [-0.05, 0) is 38.4 Å². The summed E-state index contributed by atoms with van der Waals surface area (Å²) in [6.07, 6.45) is -0.412. The summed E-state index contributed by atoms with van der Waals surface area (Å²) in [6.45, 7) is 16.2. The number of hydrogen-bond acceptors (Lipinski definition) is 5. The minimum absolute atomic E-state index is 0. The molecule has 0 saturated carbocycles. The summed E-state index contributed by atoms with van der Waals surface area (Å²) in [4.78, 5) is 20.9. The molecule has 1 fully saturated rings. The SMILES string of the molecule is CCN1CCN(Cc2ccc(CNC(=NC)NCCNC(=O)OC(C)(C)C)cc2)CC1.I. The fraction of sp³-hybridized carbons (Fsp3) is 0.652. The first-order chi connectivity index (χ1) is 14.8. The molecule has 0 atom stereocenters. The highest BCUT2D eigenvalue weighted by Gasteiger charge is 2.16. The lowest BCUT2D eigenvalue weighted by Gasteiger charge is -2.34. The number of halogens is 1. The monoisotopic (exact) mass is 560 g/mol. The van der Waals surface area contributed by atoms with Crippen LogP contribution in [0.5, 0.6) is 0 Å². The topological polar surface area (TPSA) is 81.2 Å². The van der Waals surface area contributed by atoms with Crippen molar-refractivity contribution in [2.24, 2.45) is 4.99 Å². The normalized spacial score (nSPS) is 15.6. The molecular weight excluding hydrogens is 519 g/mol. The van der Waals surface area contributed by atoms with E-state index in [1.165, 1.54) is 11.1 Å². The number of alkyl carbamates (subject to hydrolysis) is 1. The minimum Gasteiger partial charge on any atom is -0.444 e. The molecule has 2 rings (SSSR count). The van der Waals surface area contributed by atoms with E-state index in [9.17, 15) is 4.79 Å². The smallest absolute Gasteiger partial charge is 0.407 e. The van der Waals surface area contributed by atoms with Crippen molar-refractivity contribution in [1.29, 1.82) is 0 Å². The predicted octanol–water partition coefficient (Wildman–Crippen LogP) is 2.63. The molecule has 0 radical (unpaired) electrons. The van der Waals surface area contributed by atoms with Crippen LogP contribution < -0.4 is 16.0 Å². The largest absolute Gasteiger partial charge is 0.444 e. The van der Waals surface area contributed by atoms with Crippen molar-refractivity contribution in [2.75, 3.05) is 52.9 Å². The van der Waals surface area contributed by atoms with Gasteiger partial charge in [0.25, 0.3) is 0 Å². The summed E-state index contributed by atoms with van der Waals surface area (Å²) in [7, 11) is 1.73. The number of nitrogens with zero attached hydrogens (tertiary/aromatic N) is 3. The molecular formula is C23H41IN6O2. The number of likely N-dealkylation sites (N-methyl/N-ethyl adjacent to an activating group) is 1. The molecule has 8 nitrogen and oxygen atoms in total. The fourth-order valence-corrected chi connectivity index (χ4v) is 3.35. The van der Waals surface area contributed by atoms with Gasteiger partial charge >= 0.3 is 6.09 Å². The van der Waals surface area contributed by atoms with Crippen LogP contribution in [0.15, 0.2) is 29.3 Å². The van der Waals surface area contributed by atoms with E-state index >= 15 is 0 Å². The summed E-state index contributed by atoms with van der Waals surface area (Å²) >= 11 is 0. The van der Waals surface area contributed by atoms with Crippen molar-refractivity contribution in [3.63, 3.8) is 0 Å². The number of rotatable bonds is 8. The first kappa shape index (κ1) is 28.4. The van der Waals surface area contributed by atoms with Gasteiger partial charge in [0.05, 0.1) is 0 Å². The van der Waals surface area contributed by atoms with Crippen LogP contribution in [0.1, 0.15) is 38.8 Å². The lowest BCUT2D eigenvalue weighted by Crippen LogP contribution is -2.45. The Morgan fingerprint density at radius 2 is 1.53 bits per heavy atom. The maximum atomic E-state index is 11.7. The Hall–Kier alpha value is -1.59. The van der Waals surface area contributed by atoms with Crippen LogP contribution in [0, 0.1) is 0 Å². The summed E-state index contributed by atoms with van der Waals surface area (Å²) in [5.41, 5.74) is 2.06. The molecule has 0 spiro atoms. The number of ether oxygens (including phenoxy) is 1. The van der Waals surface area contributed by atoms with Crippen LogP contribution in [-0.2, 0) is 17.8 Å². The highest BCUT2D eigenvalue weighted by Crippen LogP contribution is 2.10. The van der Waals surface area contributed by atoms with E-state index in [0.717, 1.165) is 39.3 Å². The van der Waals surface area contributed by atoms with Gasteiger partial charge < -0.3 is 25.6 Å². The number of carbonyl (C=O) groups is 1. The minimum atomic E-state index is -0.491. The molecule has 1 aromatic carbocycles. The van der Waals surface area contributed by atoms with Crippen LogP contribution in [0.25, 0.3) is 0 Å². The standard InChI is InChI=1S/C23H40N6O2.HI/c1-6-28-13-15-29(16-14-28)18-20-9-7-19(8-10-20)17-27-21(24-5)25-11-12-26-22(30)31-23(2,3)4;/h7-10H,6,11-18H2,1-5H3,(H,26,30)(H2,24,25,27);1H. The fourth-order valence-electron chi connectivity index (χ4n) is 3.35. The molecule has 3 N–H and O–H groups in total. The number of benzene rings is 1. The summed E-state index contributed by atoms with van der Waals surface area (Å²) < 4.78 is 5.21. The zero-order chi connectivity index (χ0) is 22.7. The van der Waals surface area contributed by atoms with Crippen LogP contribution >= 0.6 is 24.0 Å². The molecule has 1 aliphatic rings. The van der Waals surface area contributed by atoms with E-state index in [1.807, 2.05) is 20.8 Å². The molecule has 1 amide bonds. The zero-order valence-corrected chi connectivity index (χ0v) is 22.6. The van der Waals surface area contributed by atoms with Gasteiger partial charge in [-0.25, -0.2) is 4.79 Å². The average Bonchev–Trinajstić information content (AvgIpc) is 2.73. The second-order valence-electron chi connectivity index (χ2n) is 8.81. The van der Waals surface area contributed by atoms with E-state index in [1.54, 1.807) is 7.05 Å². The van der Waals surface area contributed by atoms with Crippen molar-refractivity contribution < 1.29 is 9.53 Å². The average molecular weight is 561 g/mol. The molecule has 182 valence electrons. The summed E-state index contributed by atoms with van der Waals surface area (Å²) in [5.74, 6) is 0.698. The molecule has 1 aromatic rings. The molecule has 1 aliphatic heterocycles. The molecule has 9 heteroatoms. The molecule has 1 saturated heterocycles. The Morgan fingerprint density at radius 3 is 2.09 bits per heavy atom. The van der Waals surface area contributed by atoms with E-state index in [0.29, 0.717) is 25.6 Å². The number of aliphatic imine (C=N–C) groups is 1. The first-order valence-electron chi connectivity index (χ1n) is 11.2. The van der Waals surface area contributed by atoms with Gasteiger partial charge in [-0.1, -0.05) is 31.2 Å². The van der Waals surface area contributed by atoms with Crippen molar-refractivity contribution in [2.45, 2.75) is 46.4 Å². The summed E-state index contributed by atoms with van der Waals surface area (Å²) in [5, 5.41) is 9.22. The van der Waals surface area contributed by atoms with Crippen molar-refractivity contribution in [3.8, 4) is 0 Å². The first-order valence-corrected chi connectivity index (χ1v) is 11.2. The third kappa shape index (κ3) is 11.3. The van der Waals surface area contributed by atoms with Crippen LogP contribution in [-0.4, -0.2) is 80.3 Å². The highest BCUT2D eigenvalue weighted by molar-refractivity contribution is 14.0. The lowest BCUT2D eigenvalue weighted by atomic mass is 10.1. The number of amides is 1. The Balaban J connectivity index is 0.00000512. The van der Waals surface area contributed by atoms with Gasteiger partial charge in [-0.3, -0.25) is 9.89 Å². The van der Waals surface area contributed by atoms with Gasteiger partial charge in [0.2, 0.25) is 0 Å². The Bertz CT molecular complexity index is 697. The van der Waals surface area contributed by atoms with Crippen molar-refractivity contribution >= 4 is 36.0 Å². The lowest BCUT2D eigenvalue weighted by molar-refractivity contribution is 0.0529. The summed E-state index contributed by atoms with van der Waals surface area (Å²) in [6, 6.07) is 8.76. The molecule has 32 heavy (non-hydrogen) atoms. The number of piperazine rings is 1. The Morgan fingerprint density at radius 1 is 0.969 bits per heavy atom. The van der Waals surface area contributed by atoms with Crippen LogP contribution in [0.4, 0.5) is 4.79 Å². The van der Waals surface area contributed by atoms with E-state index in [4.69, 9.17) is 4.74 Å². The van der Waals surface area contributed by atoms with Gasteiger partial charge in [0, 0.05) is 59.4 Å². The van der Waals surface area contributed by atoms with E-state index in [2.05, 4.69) is 61.9 Å². The van der Waals surface area contributed by atoms with Crippen molar-refractivity contribution in [3.05, 3.63) is 35.4 Å². The number of carbonyl (C=O) groups excluding carboxylic acids is 1. The molecule has 0 aliphatic carbocycles. The zero-order valence-electron chi connectivity index (χ0n) is 20.2. The van der Waals surface area contributed by atoms with Crippen LogP contribution in [0.3, 0.4) is 0 Å². The number of nitrogens with one attached hydrogen (secondary N) is 3. The van der Waals surface area contributed by atoms with Gasteiger partial charge in [-0.15, -0.1) is 24.0 Å². The van der Waals surface area contributed by atoms with Gasteiger partial charge in [0.1, 0.15) is 5.60 Å². The molecule has 1 heterocycles. The Kier molecular flexibility index (Phi) is 12.9. The maximum Gasteiger partial charge on any atom is 0.407 e. The molecule has 0 aromatic heterocycles. The predicted molar refractivity (Wildman–Crippen MR) is 142 cm³/mol. The number of guanidine groups is 1. The van der Waals surface area contributed by atoms with E-state index < -0.39 is 11.7 Å². The Labute approximate surface area is 210 Å². The third-order valence-corrected chi connectivity index (χ3v) is 5.11. The molecule has 0 bridgehead atoms. The number of hydrogen-bond donors (Lipinski definition) is 3. The third-order valence-electron chi connectivity index (χ3n) is 5.11. The quantitative estimate of drug-likeness (QED) is 0.196. The van der Waals surface area contributed by atoms with E-state index in [-0.39, 0.29) is 24.0 Å². The second kappa shape index (κ2) is 14.5. The second-order valence-corrected chi connectivity index (χ2v) is 8.81. The van der Waals surface area contributed by atoms with Gasteiger partial charge in [0.15, 0.2) is 5.96 Å². The van der Waals surface area contributed by atoms with Crippen molar-refractivity contribution in [1.82, 2.24) is 25.8 Å². The van der Waals surface area contributed by atoms with Crippen LogP contribution in [0.2, 0.25) is 0 Å². The highest BCUT2D eigenvalue weighted by atomic mass is 127. The van der Waals surface area contributed by atoms with Gasteiger partial charge in [-0.2, -0.15) is 0 Å². The maximum absolute atomic E-state index is 11.7. The molecule has 0 unspecified atom stereocenters.